The van der Waals surface area contributed by atoms with E-state index in [2.05, 4.69) is 0 Å². The summed E-state index contributed by atoms with van der Waals surface area (Å²) in [5.74, 6) is 0.802. The van der Waals surface area contributed by atoms with Gasteiger partial charge in [-0.05, 0) is 23.3 Å². The molecule has 0 amide bonds. The summed E-state index contributed by atoms with van der Waals surface area (Å²) in [6.07, 6.45) is -0.130. The third kappa shape index (κ3) is 5.26. The molecule has 0 saturated carbocycles. The third-order valence-electron chi connectivity index (χ3n) is 4.07. The first-order chi connectivity index (χ1) is 12.7. The standard InChI is InChI=1S/C19H21NO6/c1-23-17-7-5-14(6-8-17)11-25-18(19-13-26-19)12-24-10-15-3-2-4-16(9-15)20(21)22/h2-9,18-19H,10-13H2,1H3/t18-,19+/m0/s1. The van der Waals surface area contributed by atoms with E-state index in [1.165, 1.54) is 12.1 Å². The molecule has 3 rings (SSSR count). The molecule has 2 aromatic rings. The maximum absolute atomic E-state index is 10.8. The van der Waals surface area contributed by atoms with Gasteiger partial charge in [-0.15, -0.1) is 0 Å². The molecule has 0 radical (unpaired) electrons. The number of non-ortho nitro benzene ring substituents is 1. The van der Waals surface area contributed by atoms with E-state index in [1.807, 2.05) is 24.3 Å². The zero-order valence-electron chi connectivity index (χ0n) is 14.5. The first-order valence-electron chi connectivity index (χ1n) is 8.33. The fraction of sp³-hybridized carbons (Fsp3) is 0.368. The number of hydrogen-bond donors (Lipinski definition) is 0. The van der Waals surface area contributed by atoms with Crippen LogP contribution in [0.25, 0.3) is 0 Å². The average molecular weight is 359 g/mol. The van der Waals surface area contributed by atoms with Gasteiger partial charge >= 0.3 is 0 Å². The zero-order chi connectivity index (χ0) is 18.4. The molecule has 138 valence electrons. The summed E-state index contributed by atoms with van der Waals surface area (Å²) in [5, 5.41) is 10.8. The summed E-state index contributed by atoms with van der Waals surface area (Å²) < 4.78 is 22.1. The molecule has 1 aliphatic heterocycles. The first kappa shape index (κ1) is 18.3. The highest BCUT2D eigenvalue weighted by Gasteiger charge is 2.33. The average Bonchev–Trinajstić information content (AvgIpc) is 3.50. The minimum atomic E-state index is -0.414. The minimum absolute atomic E-state index is 0.0401. The Morgan fingerprint density at radius 3 is 2.62 bits per heavy atom. The Kier molecular flexibility index (Phi) is 6.17. The molecule has 0 bridgehead atoms. The number of nitro groups is 1. The maximum Gasteiger partial charge on any atom is 0.269 e. The number of rotatable bonds is 10. The lowest BCUT2D eigenvalue weighted by Gasteiger charge is -2.16. The second-order valence-corrected chi connectivity index (χ2v) is 6.01. The molecule has 1 aliphatic rings. The van der Waals surface area contributed by atoms with E-state index < -0.39 is 4.92 Å². The molecule has 0 N–H and O–H groups in total. The molecule has 2 aromatic carbocycles. The molecule has 26 heavy (non-hydrogen) atoms. The fourth-order valence-electron chi connectivity index (χ4n) is 2.51. The van der Waals surface area contributed by atoms with Gasteiger partial charge in [0.05, 0.1) is 38.5 Å². The monoisotopic (exact) mass is 359 g/mol. The minimum Gasteiger partial charge on any atom is -0.497 e. The second-order valence-electron chi connectivity index (χ2n) is 6.01. The van der Waals surface area contributed by atoms with Crippen LogP contribution in [0.5, 0.6) is 5.75 Å². The predicted molar refractivity (Wildman–Crippen MR) is 94.1 cm³/mol. The van der Waals surface area contributed by atoms with Gasteiger partial charge in [-0.25, -0.2) is 0 Å². The highest BCUT2D eigenvalue weighted by molar-refractivity contribution is 5.33. The van der Waals surface area contributed by atoms with Crippen LogP contribution >= 0.6 is 0 Å². The number of hydrogen-bond acceptors (Lipinski definition) is 6. The topological polar surface area (TPSA) is 83.4 Å². The summed E-state index contributed by atoms with van der Waals surface area (Å²) in [6, 6.07) is 14.1. The van der Waals surface area contributed by atoms with Crippen molar-refractivity contribution >= 4 is 5.69 Å². The molecule has 0 aliphatic carbocycles. The SMILES string of the molecule is COc1ccc(CO[C@@H](COCc2cccc([N+](=O)[O-])c2)[C@H]2CO2)cc1. The Labute approximate surface area is 151 Å². The van der Waals surface area contributed by atoms with Crippen molar-refractivity contribution in [2.45, 2.75) is 25.4 Å². The Balaban J connectivity index is 1.48. The molecule has 0 aromatic heterocycles. The number of nitro benzene ring substituents is 1. The van der Waals surface area contributed by atoms with Gasteiger partial charge < -0.3 is 18.9 Å². The van der Waals surface area contributed by atoms with Crippen LogP contribution in [-0.2, 0) is 27.4 Å². The van der Waals surface area contributed by atoms with Crippen molar-refractivity contribution in [3.8, 4) is 5.75 Å². The van der Waals surface area contributed by atoms with Crippen molar-refractivity contribution in [2.24, 2.45) is 0 Å². The van der Waals surface area contributed by atoms with Crippen LogP contribution < -0.4 is 4.74 Å². The van der Waals surface area contributed by atoms with E-state index in [-0.39, 0.29) is 24.5 Å². The zero-order valence-corrected chi connectivity index (χ0v) is 14.5. The molecular formula is C19H21NO6. The van der Waals surface area contributed by atoms with Crippen LogP contribution in [0.2, 0.25) is 0 Å². The van der Waals surface area contributed by atoms with Crippen LogP contribution in [-0.4, -0.2) is 37.5 Å². The lowest BCUT2D eigenvalue weighted by atomic mass is 10.2. The molecule has 2 atom stereocenters. The van der Waals surface area contributed by atoms with Crippen molar-refractivity contribution in [1.29, 1.82) is 0 Å². The van der Waals surface area contributed by atoms with Crippen molar-refractivity contribution in [3.05, 3.63) is 69.8 Å². The van der Waals surface area contributed by atoms with E-state index >= 15 is 0 Å². The molecule has 0 unspecified atom stereocenters. The lowest BCUT2D eigenvalue weighted by molar-refractivity contribution is -0.384. The smallest absolute Gasteiger partial charge is 0.269 e. The van der Waals surface area contributed by atoms with E-state index in [9.17, 15) is 10.1 Å². The van der Waals surface area contributed by atoms with Crippen molar-refractivity contribution in [2.75, 3.05) is 20.3 Å². The summed E-state index contributed by atoms with van der Waals surface area (Å²) in [4.78, 5) is 10.4. The molecule has 7 nitrogen and oxygen atoms in total. The van der Waals surface area contributed by atoms with Crippen LogP contribution in [0.1, 0.15) is 11.1 Å². The number of nitrogens with zero attached hydrogens (tertiary/aromatic N) is 1. The molecule has 1 heterocycles. The quantitative estimate of drug-likeness (QED) is 0.368. The second kappa shape index (κ2) is 8.75. The number of epoxide rings is 1. The first-order valence-corrected chi connectivity index (χ1v) is 8.33. The van der Waals surface area contributed by atoms with E-state index in [4.69, 9.17) is 18.9 Å². The Hall–Kier alpha value is -2.48. The predicted octanol–water partition coefficient (Wildman–Crippen LogP) is 3.10. The third-order valence-corrected chi connectivity index (χ3v) is 4.07. The summed E-state index contributed by atoms with van der Waals surface area (Å²) in [6.45, 7) is 1.77. The van der Waals surface area contributed by atoms with E-state index in [0.29, 0.717) is 19.8 Å². The number of ether oxygens (including phenoxy) is 4. The van der Waals surface area contributed by atoms with Gasteiger partial charge in [0.25, 0.3) is 5.69 Å². The summed E-state index contributed by atoms with van der Waals surface area (Å²) >= 11 is 0. The molecular weight excluding hydrogens is 338 g/mol. The number of benzene rings is 2. The van der Waals surface area contributed by atoms with Crippen molar-refractivity contribution in [1.82, 2.24) is 0 Å². The summed E-state index contributed by atoms with van der Waals surface area (Å²) in [5.41, 5.74) is 1.85. The Morgan fingerprint density at radius 2 is 1.96 bits per heavy atom. The van der Waals surface area contributed by atoms with Gasteiger partial charge in [0, 0.05) is 12.1 Å². The van der Waals surface area contributed by atoms with Crippen LogP contribution in [0, 0.1) is 10.1 Å². The maximum atomic E-state index is 10.8. The lowest BCUT2D eigenvalue weighted by Crippen LogP contribution is -2.25. The molecule has 7 heteroatoms. The van der Waals surface area contributed by atoms with Gasteiger partial charge in [-0.1, -0.05) is 24.3 Å². The fourth-order valence-corrected chi connectivity index (χ4v) is 2.51. The summed E-state index contributed by atoms with van der Waals surface area (Å²) in [7, 11) is 1.63. The Morgan fingerprint density at radius 1 is 1.19 bits per heavy atom. The highest BCUT2D eigenvalue weighted by Crippen LogP contribution is 2.21. The van der Waals surface area contributed by atoms with Crippen LogP contribution in [0.4, 0.5) is 5.69 Å². The van der Waals surface area contributed by atoms with Gasteiger partial charge in [-0.2, -0.15) is 0 Å². The van der Waals surface area contributed by atoms with Crippen LogP contribution in [0.3, 0.4) is 0 Å². The van der Waals surface area contributed by atoms with Crippen molar-refractivity contribution in [3.63, 3.8) is 0 Å². The van der Waals surface area contributed by atoms with Gasteiger partial charge in [-0.3, -0.25) is 10.1 Å². The van der Waals surface area contributed by atoms with Crippen LogP contribution in [0.15, 0.2) is 48.5 Å². The van der Waals surface area contributed by atoms with Crippen molar-refractivity contribution < 1.29 is 23.9 Å². The van der Waals surface area contributed by atoms with E-state index in [1.54, 1.807) is 19.2 Å². The van der Waals surface area contributed by atoms with Gasteiger partial charge in [0.1, 0.15) is 18.0 Å². The normalized spacial score (nSPS) is 16.9. The number of methoxy groups -OCH3 is 1. The Bertz CT molecular complexity index is 729. The highest BCUT2D eigenvalue weighted by atomic mass is 16.6. The van der Waals surface area contributed by atoms with E-state index in [0.717, 1.165) is 16.9 Å². The van der Waals surface area contributed by atoms with Gasteiger partial charge in [0.2, 0.25) is 0 Å². The largest absolute Gasteiger partial charge is 0.497 e. The molecule has 0 spiro atoms. The van der Waals surface area contributed by atoms with Gasteiger partial charge in [0.15, 0.2) is 0 Å². The molecule has 1 saturated heterocycles. The molecule has 1 fully saturated rings.